The Morgan fingerprint density at radius 3 is 3.08 bits per heavy atom. The fourth-order valence-corrected chi connectivity index (χ4v) is 2.71. The molecule has 3 nitrogen and oxygen atoms in total. The second-order valence-electron chi connectivity index (χ2n) is 3.82. The molecule has 0 aromatic carbocycles. The van der Waals surface area contributed by atoms with E-state index in [2.05, 4.69) is 11.0 Å². The summed E-state index contributed by atoms with van der Waals surface area (Å²) < 4.78 is 0. The Labute approximate surface area is 72.6 Å². The van der Waals surface area contributed by atoms with Crippen LogP contribution in [0.25, 0.3) is 0 Å². The largest absolute Gasteiger partial charge is 0.394 e. The monoisotopic (exact) mass is 166 g/mol. The lowest BCUT2D eigenvalue weighted by molar-refractivity contribution is 0.0819. The van der Waals surface area contributed by atoms with E-state index in [1.807, 2.05) is 0 Å². The van der Waals surface area contributed by atoms with Gasteiger partial charge in [-0.2, -0.15) is 5.26 Å². The Balaban J connectivity index is 2.26. The third kappa shape index (κ3) is 0.825. The van der Waals surface area contributed by atoms with Crippen LogP contribution in [0.1, 0.15) is 19.3 Å². The topological polar surface area (TPSA) is 47.3 Å². The van der Waals surface area contributed by atoms with Gasteiger partial charge < -0.3 is 5.11 Å². The molecule has 2 aliphatic rings. The van der Waals surface area contributed by atoms with Crippen LogP contribution < -0.4 is 0 Å². The smallest absolute Gasteiger partial charge is 0.0681 e. The summed E-state index contributed by atoms with van der Waals surface area (Å²) in [6, 6.07) is 2.33. The van der Waals surface area contributed by atoms with Crippen LogP contribution in [0, 0.1) is 17.2 Å². The molecular formula is C9H14N2O. The summed E-state index contributed by atoms with van der Waals surface area (Å²) in [7, 11) is 0. The lowest BCUT2D eigenvalue weighted by atomic mass is 9.85. The molecule has 0 bridgehead atoms. The van der Waals surface area contributed by atoms with Gasteiger partial charge in [0.05, 0.1) is 24.1 Å². The van der Waals surface area contributed by atoms with Crippen LogP contribution >= 0.6 is 0 Å². The number of rotatable bonds is 1. The van der Waals surface area contributed by atoms with E-state index < -0.39 is 0 Å². The van der Waals surface area contributed by atoms with E-state index >= 15 is 0 Å². The molecule has 0 spiro atoms. The second kappa shape index (κ2) is 2.72. The van der Waals surface area contributed by atoms with Crippen molar-refractivity contribution in [1.82, 2.24) is 4.90 Å². The number of hydrogen-bond donors (Lipinski definition) is 1. The Kier molecular flexibility index (Phi) is 1.82. The second-order valence-corrected chi connectivity index (χ2v) is 3.82. The normalized spacial score (nSPS) is 41.2. The van der Waals surface area contributed by atoms with Crippen molar-refractivity contribution >= 4 is 0 Å². The highest BCUT2D eigenvalue weighted by Crippen LogP contribution is 2.42. The molecule has 2 saturated heterocycles. The van der Waals surface area contributed by atoms with Gasteiger partial charge in [-0.05, 0) is 25.8 Å². The zero-order chi connectivity index (χ0) is 8.60. The van der Waals surface area contributed by atoms with Crippen LogP contribution in [-0.4, -0.2) is 35.2 Å². The first kappa shape index (κ1) is 8.03. The molecule has 1 N–H and O–H groups in total. The highest BCUT2D eigenvalue weighted by molar-refractivity contribution is 5.12. The molecule has 0 aliphatic carbocycles. The van der Waals surface area contributed by atoms with Gasteiger partial charge in [0.2, 0.25) is 0 Å². The highest BCUT2D eigenvalue weighted by atomic mass is 16.3. The number of fused-ring (bicyclic) bond motifs is 1. The first-order valence-electron chi connectivity index (χ1n) is 4.59. The van der Waals surface area contributed by atoms with Gasteiger partial charge in [-0.15, -0.1) is 0 Å². The third-order valence-corrected chi connectivity index (χ3v) is 3.43. The van der Waals surface area contributed by atoms with Crippen LogP contribution in [0.15, 0.2) is 0 Å². The fourth-order valence-electron chi connectivity index (χ4n) is 2.71. The van der Waals surface area contributed by atoms with Crippen molar-refractivity contribution in [3.05, 3.63) is 0 Å². The summed E-state index contributed by atoms with van der Waals surface area (Å²) >= 11 is 0. The van der Waals surface area contributed by atoms with Crippen molar-refractivity contribution in [2.45, 2.75) is 24.8 Å². The van der Waals surface area contributed by atoms with E-state index in [1.54, 1.807) is 0 Å². The van der Waals surface area contributed by atoms with Crippen molar-refractivity contribution in [1.29, 1.82) is 5.26 Å². The molecule has 2 heterocycles. The molecule has 66 valence electrons. The van der Waals surface area contributed by atoms with Gasteiger partial charge in [-0.25, -0.2) is 0 Å². The number of hydrogen-bond acceptors (Lipinski definition) is 3. The number of aliphatic hydroxyl groups excluding tert-OH is 1. The summed E-state index contributed by atoms with van der Waals surface area (Å²) in [6.07, 6.45) is 3.08. The van der Waals surface area contributed by atoms with E-state index in [-0.39, 0.29) is 18.1 Å². The molecule has 12 heavy (non-hydrogen) atoms. The molecule has 0 aromatic heterocycles. The van der Waals surface area contributed by atoms with Crippen molar-refractivity contribution in [2.24, 2.45) is 5.92 Å². The van der Waals surface area contributed by atoms with Gasteiger partial charge in [0.15, 0.2) is 0 Å². The van der Waals surface area contributed by atoms with Crippen LogP contribution in [0.5, 0.6) is 0 Å². The van der Waals surface area contributed by atoms with Crippen LogP contribution in [-0.2, 0) is 0 Å². The molecule has 2 atom stereocenters. The summed E-state index contributed by atoms with van der Waals surface area (Å²) in [6.45, 7) is 2.22. The first-order valence-corrected chi connectivity index (χ1v) is 4.59. The molecular weight excluding hydrogens is 152 g/mol. The minimum atomic E-state index is -0.158. The average molecular weight is 166 g/mol. The van der Waals surface area contributed by atoms with Crippen LogP contribution in [0.3, 0.4) is 0 Å². The van der Waals surface area contributed by atoms with Gasteiger partial charge in [-0.3, -0.25) is 4.90 Å². The Hall–Kier alpha value is -0.590. The summed E-state index contributed by atoms with van der Waals surface area (Å²) in [5.41, 5.74) is -0.158. The standard InChI is InChI=1S/C9H14N2O/c10-6-8-2-5-11-4-1-3-9(8,11)7-12/h8,12H,1-5,7H2. The van der Waals surface area contributed by atoms with Crippen molar-refractivity contribution in [3.8, 4) is 6.07 Å². The van der Waals surface area contributed by atoms with Crippen LogP contribution in [0.4, 0.5) is 0 Å². The van der Waals surface area contributed by atoms with Gasteiger partial charge in [0.25, 0.3) is 0 Å². The van der Waals surface area contributed by atoms with E-state index in [1.165, 1.54) is 0 Å². The summed E-state index contributed by atoms with van der Waals surface area (Å²) in [5, 5.41) is 18.3. The molecule has 2 fully saturated rings. The van der Waals surface area contributed by atoms with Crippen LogP contribution in [0.2, 0.25) is 0 Å². The first-order chi connectivity index (χ1) is 5.83. The number of nitrogens with zero attached hydrogens (tertiary/aromatic N) is 2. The zero-order valence-corrected chi connectivity index (χ0v) is 7.16. The van der Waals surface area contributed by atoms with Crippen molar-refractivity contribution in [2.75, 3.05) is 19.7 Å². The number of nitriles is 1. The van der Waals surface area contributed by atoms with E-state index in [4.69, 9.17) is 5.26 Å². The van der Waals surface area contributed by atoms with E-state index in [0.29, 0.717) is 0 Å². The highest BCUT2D eigenvalue weighted by Gasteiger charge is 2.50. The van der Waals surface area contributed by atoms with Gasteiger partial charge in [0, 0.05) is 6.54 Å². The molecule has 0 amide bonds. The average Bonchev–Trinajstić information content (AvgIpc) is 2.60. The summed E-state index contributed by atoms with van der Waals surface area (Å²) in [4.78, 5) is 2.29. The maximum Gasteiger partial charge on any atom is 0.0681 e. The van der Waals surface area contributed by atoms with E-state index in [0.717, 1.165) is 32.4 Å². The lowest BCUT2D eigenvalue weighted by Gasteiger charge is -2.32. The maximum absolute atomic E-state index is 9.34. The van der Waals surface area contributed by atoms with Gasteiger partial charge in [-0.1, -0.05) is 0 Å². The fraction of sp³-hybridized carbons (Fsp3) is 0.889. The SMILES string of the molecule is N#CC1CCN2CCCC12CO. The molecule has 3 heteroatoms. The third-order valence-electron chi connectivity index (χ3n) is 3.43. The molecule has 0 aromatic rings. The zero-order valence-electron chi connectivity index (χ0n) is 7.16. The van der Waals surface area contributed by atoms with E-state index in [9.17, 15) is 5.11 Å². The molecule has 0 saturated carbocycles. The van der Waals surface area contributed by atoms with Crippen molar-refractivity contribution in [3.63, 3.8) is 0 Å². The predicted octanol–water partition coefficient (Wildman–Crippen LogP) is 0.357. The Morgan fingerprint density at radius 2 is 2.42 bits per heavy atom. The molecule has 2 rings (SSSR count). The van der Waals surface area contributed by atoms with Gasteiger partial charge in [0.1, 0.15) is 0 Å². The Bertz CT molecular complexity index is 223. The predicted molar refractivity (Wildman–Crippen MR) is 44.3 cm³/mol. The number of aliphatic hydroxyl groups is 1. The molecule has 2 unspecified atom stereocenters. The molecule has 2 aliphatic heterocycles. The summed E-state index contributed by atoms with van der Waals surface area (Å²) in [5.74, 6) is 0.0602. The van der Waals surface area contributed by atoms with Crippen molar-refractivity contribution < 1.29 is 5.11 Å². The Morgan fingerprint density at radius 1 is 1.58 bits per heavy atom. The minimum Gasteiger partial charge on any atom is -0.394 e. The quantitative estimate of drug-likeness (QED) is 0.611. The lowest BCUT2D eigenvalue weighted by Crippen LogP contribution is -2.45. The van der Waals surface area contributed by atoms with Gasteiger partial charge >= 0.3 is 0 Å². The minimum absolute atomic E-state index is 0.0602. The maximum atomic E-state index is 9.34. The molecule has 0 radical (unpaired) electrons.